The number of fused-ring (bicyclic) bond motifs is 1. The number of benzene rings is 1. The highest BCUT2D eigenvalue weighted by Gasteiger charge is 2.20. The number of aliphatic carboxylic acids is 1. The van der Waals surface area contributed by atoms with E-state index >= 15 is 0 Å². The molecule has 0 saturated carbocycles. The zero-order chi connectivity index (χ0) is 13.8. The molecule has 0 aliphatic heterocycles. The molecule has 0 bridgehead atoms. The maximum absolute atomic E-state index is 10.7. The Balaban J connectivity index is 2.03. The zero-order valence-electron chi connectivity index (χ0n) is 10.4. The molecule has 0 aliphatic carbocycles. The maximum atomic E-state index is 10.7. The summed E-state index contributed by atoms with van der Waals surface area (Å²) < 4.78 is 0. The van der Waals surface area contributed by atoms with Gasteiger partial charge < -0.3 is 10.8 Å². The third kappa shape index (κ3) is 3.45. The molecule has 1 unspecified atom stereocenters. The number of carbonyl (C=O) groups is 1. The van der Waals surface area contributed by atoms with E-state index in [9.17, 15) is 4.79 Å². The number of carboxylic acid groups (broad SMARTS) is 1. The Hall–Kier alpha value is -1.59. The van der Waals surface area contributed by atoms with Crippen LogP contribution in [-0.4, -0.2) is 27.4 Å². The van der Waals surface area contributed by atoms with E-state index in [1.165, 1.54) is 0 Å². The van der Waals surface area contributed by atoms with Crippen molar-refractivity contribution in [2.24, 2.45) is 5.73 Å². The third-order valence-corrected chi connectivity index (χ3v) is 3.63. The van der Waals surface area contributed by atoms with Gasteiger partial charge in [-0.25, -0.2) is 0 Å². The molecule has 100 valence electrons. The Labute approximate surface area is 117 Å². The fourth-order valence-corrected chi connectivity index (χ4v) is 2.14. The van der Waals surface area contributed by atoms with Crippen LogP contribution in [-0.2, 0) is 11.2 Å². The Morgan fingerprint density at radius 2 is 2.05 bits per heavy atom. The molecule has 1 aromatic carbocycles. The van der Waals surface area contributed by atoms with E-state index in [0.29, 0.717) is 12.8 Å². The normalized spacial score (nSPS) is 14.2. The molecular formula is C14H16N2O2S. The first-order valence-corrected chi connectivity index (χ1v) is 6.60. The van der Waals surface area contributed by atoms with Crippen LogP contribution in [0, 0.1) is 0 Å². The van der Waals surface area contributed by atoms with Gasteiger partial charge in [-0.05, 0) is 25.0 Å². The van der Waals surface area contributed by atoms with Gasteiger partial charge in [-0.15, -0.1) is 0 Å². The third-order valence-electron chi connectivity index (χ3n) is 3.05. The lowest BCUT2D eigenvalue weighted by atomic mass is 10.1. The van der Waals surface area contributed by atoms with E-state index < -0.39 is 12.0 Å². The Morgan fingerprint density at radius 3 is 2.79 bits per heavy atom. The first kappa shape index (κ1) is 13.8. The van der Waals surface area contributed by atoms with Crippen LogP contribution in [0.1, 0.15) is 12.1 Å². The number of rotatable bonds is 5. The summed E-state index contributed by atoms with van der Waals surface area (Å²) in [6, 6.07) is 10.9. The molecule has 2 atom stereocenters. The van der Waals surface area contributed by atoms with Crippen LogP contribution in [0.5, 0.6) is 0 Å². The van der Waals surface area contributed by atoms with E-state index in [0.717, 1.165) is 16.6 Å². The molecule has 19 heavy (non-hydrogen) atoms. The van der Waals surface area contributed by atoms with Crippen molar-refractivity contribution in [3.05, 3.63) is 42.1 Å². The largest absolute Gasteiger partial charge is 0.480 e. The van der Waals surface area contributed by atoms with Crippen molar-refractivity contribution in [1.82, 2.24) is 4.98 Å². The number of para-hydroxylation sites is 1. The SMILES string of the molecule is N[C@H](C(=O)O)C(S)CCc1ccc2ccccc2n1. The number of nitrogens with zero attached hydrogens (tertiary/aromatic N) is 1. The van der Waals surface area contributed by atoms with Crippen molar-refractivity contribution in [3.8, 4) is 0 Å². The average molecular weight is 276 g/mol. The number of thiol groups is 1. The van der Waals surface area contributed by atoms with Crippen molar-refractivity contribution in [2.45, 2.75) is 24.1 Å². The molecule has 0 spiro atoms. The lowest BCUT2D eigenvalue weighted by Crippen LogP contribution is -2.39. The number of aromatic nitrogens is 1. The van der Waals surface area contributed by atoms with Gasteiger partial charge in [-0.2, -0.15) is 12.6 Å². The number of carboxylic acids is 1. The minimum Gasteiger partial charge on any atom is -0.480 e. The summed E-state index contributed by atoms with van der Waals surface area (Å²) in [5.41, 5.74) is 7.39. The number of aryl methyl sites for hydroxylation is 1. The fraction of sp³-hybridized carbons (Fsp3) is 0.286. The second-order valence-corrected chi connectivity index (χ2v) is 5.13. The molecule has 0 amide bonds. The highest BCUT2D eigenvalue weighted by Crippen LogP contribution is 2.15. The van der Waals surface area contributed by atoms with Crippen molar-refractivity contribution in [1.29, 1.82) is 0 Å². The highest BCUT2D eigenvalue weighted by atomic mass is 32.1. The quantitative estimate of drug-likeness (QED) is 0.729. The van der Waals surface area contributed by atoms with Crippen molar-refractivity contribution >= 4 is 29.5 Å². The topological polar surface area (TPSA) is 76.2 Å². The Kier molecular flexibility index (Phi) is 4.39. The first-order chi connectivity index (χ1) is 9.08. The molecule has 1 heterocycles. The van der Waals surface area contributed by atoms with Gasteiger partial charge in [-0.3, -0.25) is 9.78 Å². The summed E-state index contributed by atoms with van der Waals surface area (Å²) >= 11 is 4.23. The van der Waals surface area contributed by atoms with E-state index in [4.69, 9.17) is 10.8 Å². The Morgan fingerprint density at radius 1 is 1.32 bits per heavy atom. The van der Waals surface area contributed by atoms with E-state index in [-0.39, 0.29) is 5.25 Å². The molecule has 0 aliphatic rings. The summed E-state index contributed by atoms with van der Waals surface area (Å²) in [4.78, 5) is 15.3. The van der Waals surface area contributed by atoms with Gasteiger partial charge in [0.05, 0.1) is 5.52 Å². The minimum atomic E-state index is -1.02. The molecule has 2 rings (SSSR count). The smallest absolute Gasteiger partial charge is 0.321 e. The summed E-state index contributed by atoms with van der Waals surface area (Å²) in [5.74, 6) is -1.02. The van der Waals surface area contributed by atoms with Crippen molar-refractivity contribution < 1.29 is 9.90 Å². The minimum absolute atomic E-state index is 0.370. The van der Waals surface area contributed by atoms with Crippen LogP contribution in [0.3, 0.4) is 0 Å². The number of pyridine rings is 1. The van der Waals surface area contributed by atoms with Gasteiger partial charge in [-0.1, -0.05) is 24.3 Å². The summed E-state index contributed by atoms with van der Waals surface area (Å²) in [6.45, 7) is 0. The van der Waals surface area contributed by atoms with E-state index in [1.807, 2.05) is 36.4 Å². The van der Waals surface area contributed by atoms with E-state index in [2.05, 4.69) is 17.6 Å². The van der Waals surface area contributed by atoms with E-state index in [1.54, 1.807) is 0 Å². The van der Waals surface area contributed by atoms with Gasteiger partial charge in [0.1, 0.15) is 6.04 Å². The number of nitrogens with two attached hydrogens (primary N) is 1. The molecule has 4 nitrogen and oxygen atoms in total. The van der Waals surface area contributed by atoms with Crippen LogP contribution in [0.25, 0.3) is 10.9 Å². The second kappa shape index (κ2) is 6.04. The molecule has 2 aromatic rings. The van der Waals surface area contributed by atoms with Gasteiger partial charge >= 0.3 is 5.97 Å². The monoisotopic (exact) mass is 276 g/mol. The van der Waals surface area contributed by atoms with Crippen molar-refractivity contribution in [2.75, 3.05) is 0 Å². The van der Waals surface area contributed by atoms with Gasteiger partial charge in [0.2, 0.25) is 0 Å². The summed E-state index contributed by atoms with van der Waals surface area (Å²) in [5, 5.41) is 9.53. The fourth-order valence-electron chi connectivity index (χ4n) is 1.89. The predicted octanol–water partition coefficient (Wildman–Crippen LogP) is 1.88. The lowest BCUT2D eigenvalue weighted by molar-refractivity contribution is -0.138. The standard InChI is InChI=1S/C14H16N2O2S/c15-13(14(17)18)12(19)8-7-10-6-5-9-3-1-2-4-11(9)16-10/h1-6,12-13,19H,7-8,15H2,(H,17,18)/t12?,13-/m0/s1. The molecular weight excluding hydrogens is 260 g/mol. The zero-order valence-corrected chi connectivity index (χ0v) is 11.3. The summed E-state index contributed by atoms with van der Waals surface area (Å²) in [7, 11) is 0. The van der Waals surface area contributed by atoms with Crippen LogP contribution in [0.4, 0.5) is 0 Å². The molecule has 3 N–H and O–H groups in total. The van der Waals surface area contributed by atoms with Gasteiger partial charge in [0, 0.05) is 16.3 Å². The highest BCUT2D eigenvalue weighted by molar-refractivity contribution is 7.81. The predicted molar refractivity (Wildman–Crippen MR) is 78.4 cm³/mol. The van der Waals surface area contributed by atoms with Crippen LogP contribution in [0.15, 0.2) is 36.4 Å². The van der Waals surface area contributed by atoms with Crippen molar-refractivity contribution in [3.63, 3.8) is 0 Å². The number of hydrogen-bond donors (Lipinski definition) is 3. The summed E-state index contributed by atoms with van der Waals surface area (Å²) in [6.07, 6.45) is 1.25. The maximum Gasteiger partial charge on any atom is 0.321 e. The second-order valence-electron chi connectivity index (χ2n) is 4.47. The van der Waals surface area contributed by atoms with Crippen LogP contribution < -0.4 is 5.73 Å². The van der Waals surface area contributed by atoms with Crippen LogP contribution >= 0.6 is 12.6 Å². The molecule has 0 radical (unpaired) electrons. The molecule has 0 saturated heterocycles. The number of hydrogen-bond acceptors (Lipinski definition) is 4. The Bertz CT molecular complexity index is 588. The van der Waals surface area contributed by atoms with Crippen LogP contribution in [0.2, 0.25) is 0 Å². The molecule has 1 aromatic heterocycles. The molecule has 0 fully saturated rings. The first-order valence-electron chi connectivity index (χ1n) is 6.09. The lowest BCUT2D eigenvalue weighted by Gasteiger charge is -2.14. The molecule has 5 heteroatoms. The average Bonchev–Trinajstić information content (AvgIpc) is 2.43. The van der Waals surface area contributed by atoms with Gasteiger partial charge in [0.25, 0.3) is 0 Å². The van der Waals surface area contributed by atoms with Gasteiger partial charge in [0.15, 0.2) is 0 Å².